The highest BCUT2D eigenvalue weighted by Crippen LogP contribution is 2.55. The van der Waals surface area contributed by atoms with Gasteiger partial charge in [-0.2, -0.15) is 0 Å². The Kier molecular flexibility index (Phi) is 3.71. The largest absolute Gasteiger partial charge is 0.300 e. The zero-order valence-electron chi connectivity index (χ0n) is 12.5. The molecule has 2 aliphatic carbocycles. The molecule has 2 saturated carbocycles. The van der Waals surface area contributed by atoms with Gasteiger partial charge in [0.15, 0.2) is 0 Å². The summed E-state index contributed by atoms with van der Waals surface area (Å²) in [4.78, 5) is 2.84. The first kappa shape index (κ1) is 13.0. The molecule has 104 valence electrons. The van der Waals surface area contributed by atoms with E-state index in [1.165, 1.54) is 58.0 Å². The van der Waals surface area contributed by atoms with Gasteiger partial charge in [-0.1, -0.05) is 33.1 Å². The maximum Gasteiger partial charge on any atom is 0.00952 e. The summed E-state index contributed by atoms with van der Waals surface area (Å²) in [6.45, 7) is 7.65. The van der Waals surface area contributed by atoms with Gasteiger partial charge in [0.05, 0.1) is 0 Å². The van der Waals surface area contributed by atoms with Crippen LogP contribution in [-0.4, -0.2) is 24.0 Å². The lowest BCUT2D eigenvalue weighted by Gasteiger charge is -2.55. The molecule has 0 unspecified atom stereocenters. The van der Waals surface area contributed by atoms with Gasteiger partial charge in [-0.15, -0.1) is 0 Å². The van der Waals surface area contributed by atoms with E-state index in [4.69, 9.17) is 0 Å². The van der Waals surface area contributed by atoms with E-state index in [2.05, 4.69) is 18.7 Å². The molecule has 1 aliphatic heterocycles. The highest BCUT2D eigenvalue weighted by molar-refractivity contribution is 4.98. The van der Waals surface area contributed by atoms with Gasteiger partial charge in [0, 0.05) is 6.04 Å². The maximum absolute atomic E-state index is 2.84. The van der Waals surface area contributed by atoms with Crippen molar-refractivity contribution < 1.29 is 0 Å². The van der Waals surface area contributed by atoms with Crippen molar-refractivity contribution >= 4 is 0 Å². The second-order valence-electron chi connectivity index (χ2n) is 7.74. The minimum Gasteiger partial charge on any atom is -0.300 e. The second-order valence-corrected chi connectivity index (χ2v) is 7.74. The van der Waals surface area contributed by atoms with Crippen LogP contribution in [0.5, 0.6) is 0 Å². The Morgan fingerprint density at radius 1 is 0.944 bits per heavy atom. The zero-order valence-corrected chi connectivity index (χ0v) is 12.5. The fourth-order valence-corrected chi connectivity index (χ4v) is 4.74. The molecule has 1 nitrogen and oxygen atoms in total. The quantitative estimate of drug-likeness (QED) is 0.698. The Balaban J connectivity index is 1.47. The average Bonchev–Trinajstić information content (AvgIpc) is 2.37. The number of piperidine rings is 1. The molecular formula is C17H31N. The lowest BCUT2D eigenvalue weighted by Crippen LogP contribution is -2.51. The van der Waals surface area contributed by atoms with Crippen LogP contribution in [0, 0.1) is 17.3 Å². The van der Waals surface area contributed by atoms with Crippen molar-refractivity contribution in [2.24, 2.45) is 17.3 Å². The van der Waals surface area contributed by atoms with Crippen molar-refractivity contribution in [1.82, 2.24) is 4.90 Å². The van der Waals surface area contributed by atoms with Crippen LogP contribution in [0.1, 0.15) is 71.6 Å². The molecule has 0 N–H and O–H groups in total. The summed E-state index contributed by atoms with van der Waals surface area (Å²) in [5.41, 5.74) is 0.792. The molecule has 0 bridgehead atoms. The van der Waals surface area contributed by atoms with Crippen molar-refractivity contribution in [2.75, 3.05) is 13.1 Å². The van der Waals surface area contributed by atoms with Gasteiger partial charge in [-0.3, -0.25) is 0 Å². The summed E-state index contributed by atoms with van der Waals surface area (Å²) >= 11 is 0. The van der Waals surface area contributed by atoms with E-state index in [-0.39, 0.29) is 0 Å². The van der Waals surface area contributed by atoms with Crippen LogP contribution in [0.2, 0.25) is 0 Å². The number of likely N-dealkylation sites (tertiary alicyclic amines) is 1. The van der Waals surface area contributed by atoms with Crippen molar-refractivity contribution in [2.45, 2.75) is 77.7 Å². The molecule has 0 aromatic carbocycles. The molecule has 3 aliphatic rings. The lowest BCUT2D eigenvalue weighted by molar-refractivity contribution is -0.0429. The molecule has 18 heavy (non-hydrogen) atoms. The molecule has 1 spiro atoms. The van der Waals surface area contributed by atoms with Gasteiger partial charge < -0.3 is 4.90 Å². The summed E-state index contributed by atoms with van der Waals surface area (Å²) in [5, 5.41) is 0. The number of nitrogens with zero attached hydrogens (tertiary/aromatic N) is 1. The van der Waals surface area contributed by atoms with Crippen molar-refractivity contribution in [1.29, 1.82) is 0 Å². The number of rotatable bonds is 2. The van der Waals surface area contributed by atoms with Gasteiger partial charge in [0.25, 0.3) is 0 Å². The van der Waals surface area contributed by atoms with E-state index in [1.54, 1.807) is 12.8 Å². The van der Waals surface area contributed by atoms with Crippen LogP contribution in [0.15, 0.2) is 0 Å². The Labute approximate surface area is 113 Å². The molecule has 1 heteroatoms. The Morgan fingerprint density at radius 3 is 2.11 bits per heavy atom. The van der Waals surface area contributed by atoms with Crippen LogP contribution in [0.3, 0.4) is 0 Å². The van der Waals surface area contributed by atoms with Gasteiger partial charge >= 0.3 is 0 Å². The van der Waals surface area contributed by atoms with Crippen LogP contribution in [0.4, 0.5) is 0 Å². The average molecular weight is 249 g/mol. The molecule has 1 heterocycles. The van der Waals surface area contributed by atoms with Crippen molar-refractivity contribution in [3.8, 4) is 0 Å². The second kappa shape index (κ2) is 5.15. The SMILES string of the molecule is CC(C)C1CC2(CCN(C3CCCCC3)CC2)C1. The summed E-state index contributed by atoms with van der Waals surface area (Å²) in [6, 6.07) is 0.956. The monoisotopic (exact) mass is 249 g/mol. The van der Waals surface area contributed by atoms with Gasteiger partial charge in [0.2, 0.25) is 0 Å². The zero-order chi connectivity index (χ0) is 12.6. The van der Waals surface area contributed by atoms with Crippen LogP contribution in [-0.2, 0) is 0 Å². The number of hydrogen-bond acceptors (Lipinski definition) is 1. The first-order chi connectivity index (χ1) is 8.69. The van der Waals surface area contributed by atoms with E-state index in [0.717, 1.165) is 23.3 Å². The molecule has 1 saturated heterocycles. The standard InChI is InChI=1S/C17H31N/c1-14(2)15-12-17(13-15)8-10-18(11-9-17)16-6-4-3-5-7-16/h14-16H,3-13H2,1-2H3. The highest BCUT2D eigenvalue weighted by atomic mass is 15.2. The lowest BCUT2D eigenvalue weighted by atomic mass is 9.55. The van der Waals surface area contributed by atoms with E-state index in [9.17, 15) is 0 Å². The molecular weight excluding hydrogens is 218 g/mol. The third kappa shape index (κ3) is 2.48. The van der Waals surface area contributed by atoms with E-state index < -0.39 is 0 Å². The third-order valence-corrected chi connectivity index (χ3v) is 6.28. The van der Waals surface area contributed by atoms with E-state index in [1.807, 2.05) is 0 Å². The fourth-order valence-electron chi connectivity index (χ4n) is 4.74. The third-order valence-electron chi connectivity index (χ3n) is 6.28. The van der Waals surface area contributed by atoms with Crippen molar-refractivity contribution in [3.63, 3.8) is 0 Å². The maximum atomic E-state index is 2.84. The minimum absolute atomic E-state index is 0.792. The summed E-state index contributed by atoms with van der Waals surface area (Å²) in [6.07, 6.45) is 13.5. The predicted molar refractivity (Wildman–Crippen MR) is 77.7 cm³/mol. The normalized spacial score (nSPS) is 30.8. The summed E-state index contributed by atoms with van der Waals surface area (Å²) in [7, 11) is 0. The first-order valence-corrected chi connectivity index (χ1v) is 8.43. The topological polar surface area (TPSA) is 3.24 Å². The predicted octanol–water partition coefficient (Wildman–Crippen LogP) is 4.47. The molecule has 0 atom stereocenters. The Morgan fingerprint density at radius 2 is 1.56 bits per heavy atom. The number of hydrogen-bond donors (Lipinski definition) is 0. The van der Waals surface area contributed by atoms with Crippen LogP contribution < -0.4 is 0 Å². The minimum atomic E-state index is 0.792. The molecule has 0 aromatic heterocycles. The summed E-state index contributed by atoms with van der Waals surface area (Å²) in [5.74, 6) is 1.97. The molecule has 3 fully saturated rings. The first-order valence-electron chi connectivity index (χ1n) is 8.43. The smallest absolute Gasteiger partial charge is 0.00952 e. The Bertz CT molecular complexity index is 261. The van der Waals surface area contributed by atoms with Gasteiger partial charge in [0.1, 0.15) is 0 Å². The van der Waals surface area contributed by atoms with Crippen LogP contribution >= 0.6 is 0 Å². The van der Waals surface area contributed by atoms with Crippen molar-refractivity contribution in [3.05, 3.63) is 0 Å². The molecule has 0 aromatic rings. The Hall–Kier alpha value is -0.0400. The molecule has 0 radical (unpaired) electrons. The highest BCUT2D eigenvalue weighted by Gasteiger charge is 2.46. The van der Waals surface area contributed by atoms with Gasteiger partial charge in [-0.05, 0) is 68.9 Å². The van der Waals surface area contributed by atoms with E-state index >= 15 is 0 Å². The van der Waals surface area contributed by atoms with E-state index in [0.29, 0.717) is 0 Å². The molecule has 0 amide bonds. The van der Waals surface area contributed by atoms with Gasteiger partial charge in [-0.25, -0.2) is 0 Å². The van der Waals surface area contributed by atoms with Crippen LogP contribution in [0.25, 0.3) is 0 Å². The molecule has 3 rings (SSSR count). The fraction of sp³-hybridized carbons (Fsp3) is 1.00. The summed E-state index contributed by atoms with van der Waals surface area (Å²) < 4.78 is 0.